The van der Waals surface area contributed by atoms with Crippen LogP contribution < -0.4 is 10.5 Å². The maximum absolute atomic E-state index is 12.1. The number of anilines is 1. The monoisotopic (exact) mass is 332 g/mol. The highest BCUT2D eigenvalue weighted by Gasteiger charge is 2.18. The van der Waals surface area contributed by atoms with Crippen LogP contribution in [0, 0.1) is 0 Å². The van der Waals surface area contributed by atoms with Gasteiger partial charge in [0, 0.05) is 30.2 Å². The fourth-order valence-corrected chi connectivity index (χ4v) is 3.49. The predicted molar refractivity (Wildman–Crippen MR) is 79.4 cm³/mol. The summed E-state index contributed by atoms with van der Waals surface area (Å²) in [5.41, 5.74) is 5.45. The summed E-state index contributed by atoms with van der Waals surface area (Å²) in [6.07, 6.45) is 2.87. The van der Waals surface area contributed by atoms with Crippen LogP contribution in [-0.4, -0.2) is 24.9 Å². The van der Waals surface area contributed by atoms with E-state index in [4.69, 9.17) is 17.3 Å². The van der Waals surface area contributed by atoms with Crippen molar-refractivity contribution >= 4 is 38.8 Å². The molecule has 0 saturated carbocycles. The molecule has 0 aliphatic carbocycles. The molecule has 0 aromatic carbocycles. The van der Waals surface area contributed by atoms with Gasteiger partial charge in [-0.3, -0.25) is 0 Å². The third-order valence-electron chi connectivity index (χ3n) is 2.61. The highest BCUT2D eigenvalue weighted by atomic mass is 35.5. The van der Waals surface area contributed by atoms with Crippen LogP contribution in [0.4, 0.5) is 5.82 Å². The average Bonchev–Trinajstić information content (AvgIpc) is 2.93. The molecule has 1 unspecified atom stereocenters. The number of nitrogens with one attached hydrogen (secondary N) is 1. The molecule has 3 N–H and O–H groups in total. The summed E-state index contributed by atoms with van der Waals surface area (Å²) >= 11 is 7.26. The van der Waals surface area contributed by atoms with Gasteiger partial charge < -0.3 is 5.73 Å². The minimum atomic E-state index is -3.66. The highest BCUT2D eigenvalue weighted by Crippen LogP contribution is 2.21. The van der Waals surface area contributed by atoms with Gasteiger partial charge in [-0.2, -0.15) is 0 Å². The molecular weight excluding hydrogens is 320 g/mol. The Hall–Kier alpha value is -1.22. The molecule has 2 aromatic rings. The number of rotatable bonds is 5. The zero-order valence-corrected chi connectivity index (χ0v) is 13.0. The second-order valence-electron chi connectivity index (χ2n) is 4.16. The van der Waals surface area contributed by atoms with E-state index >= 15 is 0 Å². The van der Waals surface area contributed by atoms with Gasteiger partial charge >= 0.3 is 0 Å². The number of hydrogen-bond acceptors (Lipinski definition) is 6. The van der Waals surface area contributed by atoms with E-state index in [1.54, 1.807) is 6.20 Å². The Morgan fingerprint density at radius 3 is 2.85 bits per heavy atom. The topological polar surface area (TPSA) is 98.0 Å². The fraction of sp³-hybridized carbons (Fsp3) is 0.273. The molecule has 0 aliphatic rings. The minimum Gasteiger partial charge on any atom is -0.382 e. The summed E-state index contributed by atoms with van der Waals surface area (Å²) in [6, 6.07) is 1.28. The van der Waals surface area contributed by atoms with Crippen LogP contribution in [-0.2, 0) is 10.0 Å². The van der Waals surface area contributed by atoms with Crippen molar-refractivity contribution < 1.29 is 8.42 Å². The van der Waals surface area contributed by atoms with Crippen molar-refractivity contribution in [1.82, 2.24) is 14.7 Å². The van der Waals surface area contributed by atoms with Gasteiger partial charge in [0.2, 0.25) is 10.0 Å². The van der Waals surface area contributed by atoms with Gasteiger partial charge in [-0.05, 0) is 6.07 Å². The summed E-state index contributed by atoms with van der Waals surface area (Å²) in [5.74, 6) is 0.0868. The number of aromatic nitrogens is 2. The Labute approximate surface area is 126 Å². The Bertz CT molecular complexity index is 688. The first-order chi connectivity index (χ1) is 9.40. The van der Waals surface area contributed by atoms with Crippen LogP contribution in [0.5, 0.6) is 0 Å². The summed E-state index contributed by atoms with van der Waals surface area (Å²) in [6.45, 7) is 2.15. The van der Waals surface area contributed by atoms with Gasteiger partial charge in [0.25, 0.3) is 0 Å². The summed E-state index contributed by atoms with van der Waals surface area (Å²) in [7, 11) is -3.66. The molecule has 0 radical (unpaired) electrons. The standard InChI is InChI=1S/C11H13ClN4O2S2/c1-7(11-14-2-3-19-11)5-16-20(17,18)8-4-9(12)10(13)15-6-8/h2-4,6-7,16H,5H2,1H3,(H2,13,15). The van der Waals surface area contributed by atoms with E-state index < -0.39 is 10.0 Å². The van der Waals surface area contributed by atoms with Crippen LogP contribution in [0.2, 0.25) is 5.02 Å². The number of nitrogens with two attached hydrogens (primary N) is 1. The van der Waals surface area contributed by atoms with E-state index in [-0.39, 0.29) is 28.2 Å². The Morgan fingerprint density at radius 1 is 1.50 bits per heavy atom. The average molecular weight is 333 g/mol. The molecule has 108 valence electrons. The lowest BCUT2D eigenvalue weighted by atomic mass is 10.2. The molecule has 2 rings (SSSR count). The molecule has 20 heavy (non-hydrogen) atoms. The fourth-order valence-electron chi connectivity index (χ4n) is 1.46. The zero-order valence-electron chi connectivity index (χ0n) is 10.6. The Morgan fingerprint density at radius 2 is 2.25 bits per heavy atom. The number of thiazole rings is 1. The largest absolute Gasteiger partial charge is 0.382 e. The number of sulfonamides is 1. The third-order valence-corrected chi connectivity index (χ3v) is 5.31. The molecule has 1 atom stereocenters. The summed E-state index contributed by atoms with van der Waals surface area (Å²) in [5, 5.41) is 2.84. The van der Waals surface area contributed by atoms with Crippen LogP contribution >= 0.6 is 22.9 Å². The maximum Gasteiger partial charge on any atom is 0.242 e. The molecule has 0 amide bonds. The smallest absolute Gasteiger partial charge is 0.242 e. The third kappa shape index (κ3) is 3.45. The van der Waals surface area contributed by atoms with E-state index in [2.05, 4.69) is 14.7 Å². The maximum atomic E-state index is 12.1. The molecule has 9 heteroatoms. The summed E-state index contributed by atoms with van der Waals surface area (Å²) in [4.78, 5) is 7.88. The zero-order chi connectivity index (χ0) is 14.8. The van der Waals surface area contributed by atoms with E-state index in [0.29, 0.717) is 0 Å². The van der Waals surface area contributed by atoms with Crippen LogP contribution in [0.3, 0.4) is 0 Å². The van der Waals surface area contributed by atoms with Crippen LogP contribution in [0.25, 0.3) is 0 Å². The van der Waals surface area contributed by atoms with E-state index in [1.165, 1.54) is 23.6 Å². The van der Waals surface area contributed by atoms with Gasteiger partial charge in [-0.15, -0.1) is 11.3 Å². The number of nitrogens with zero attached hydrogens (tertiary/aromatic N) is 2. The minimum absolute atomic E-state index is 0.0111. The molecule has 0 aliphatic heterocycles. The number of pyridine rings is 1. The first-order valence-electron chi connectivity index (χ1n) is 5.70. The highest BCUT2D eigenvalue weighted by molar-refractivity contribution is 7.89. The Balaban J connectivity index is 2.09. The lowest BCUT2D eigenvalue weighted by molar-refractivity contribution is 0.574. The Kier molecular flexibility index (Phi) is 4.59. The summed E-state index contributed by atoms with van der Waals surface area (Å²) < 4.78 is 26.7. The van der Waals surface area contributed by atoms with E-state index in [9.17, 15) is 8.42 Å². The number of hydrogen-bond donors (Lipinski definition) is 2. The van der Waals surface area contributed by atoms with Crippen molar-refractivity contribution in [2.24, 2.45) is 0 Å². The second-order valence-corrected chi connectivity index (χ2v) is 7.26. The first-order valence-corrected chi connectivity index (χ1v) is 8.44. The van der Waals surface area contributed by atoms with Crippen LogP contribution in [0.1, 0.15) is 17.8 Å². The van der Waals surface area contributed by atoms with Crippen molar-refractivity contribution in [3.8, 4) is 0 Å². The van der Waals surface area contributed by atoms with Gasteiger partial charge in [0.05, 0.1) is 10.0 Å². The van der Waals surface area contributed by atoms with Crippen molar-refractivity contribution in [1.29, 1.82) is 0 Å². The van der Waals surface area contributed by atoms with Crippen molar-refractivity contribution in [2.75, 3.05) is 12.3 Å². The second kappa shape index (κ2) is 6.04. The molecule has 0 saturated heterocycles. The van der Waals surface area contributed by atoms with Gasteiger partial charge in [-0.25, -0.2) is 23.1 Å². The van der Waals surface area contributed by atoms with Gasteiger partial charge in [0.15, 0.2) is 0 Å². The number of nitrogen functional groups attached to an aromatic ring is 1. The first kappa shape index (κ1) is 15.2. The molecule has 2 heterocycles. The quantitative estimate of drug-likeness (QED) is 0.870. The molecule has 2 aromatic heterocycles. The van der Waals surface area contributed by atoms with Crippen molar-refractivity contribution in [3.63, 3.8) is 0 Å². The number of halogens is 1. The van der Waals surface area contributed by atoms with Gasteiger partial charge in [-0.1, -0.05) is 18.5 Å². The van der Waals surface area contributed by atoms with Crippen LogP contribution in [0.15, 0.2) is 28.7 Å². The lowest BCUT2D eigenvalue weighted by Gasteiger charge is -2.11. The lowest BCUT2D eigenvalue weighted by Crippen LogP contribution is -2.27. The van der Waals surface area contributed by atoms with Gasteiger partial charge in [0.1, 0.15) is 10.7 Å². The SMILES string of the molecule is CC(CNS(=O)(=O)c1cnc(N)c(Cl)c1)c1nccs1. The molecule has 0 bridgehead atoms. The molecule has 0 fully saturated rings. The molecule has 6 nitrogen and oxygen atoms in total. The van der Waals surface area contributed by atoms with E-state index in [0.717, 1.165) is 5.01 Å². The van der Waals surface area contributed by atoms with E-state index in [1.807, 2.05) is 12.3 Å². The predicted octanol–water partition coefficient (Wildman–Crippen LogP) is 1.86. The van der Waals surface area contributed by atoms with Crippen molar-refractivity contribution in [2.45, 2.75) is 17.7 Å². The molecular formula is C11H13ClN4O2S2. The molecule has 0 spiro atoms. The van der Waals surface area contributed by atoms with Crippen molar-refractivity contribution in [3.05, 3.63) is 33.9 Å². The normalized spacial score (nSPS) is 13.3.